The second-order valence-corrected chi connectivity index (χ2v) is 5.67. The van der Waals surface area contributed by atoms with E-state index in [9.17, 15) is 0 Å². The average molecular weight is 258 g/mol. The Morgan fingerprint density at radius 1 is 1.22 bits per heavy atom. The van der Waals surface area contributed by atoms with E-state index in [1.807, 2.05) is 4.52 Å². The molecule has 0 saturated carbocycles. The molecule has 0 saturated heterocycles. The molecule has 0 aliphatic carbocycles. The molecule has 0 bridgehead atoms. The Morgan fingerprint density at radius 2 is 2.00 bits per heavy atom. The topological polar surface area (TPSA) is 56.2 Å². The van der Waals surface area contributed by atoms with E-state index in [0.717, 1.165) is 10.7 Å². The number of aryl methyl sites for hydroxylation is 3. The van der Waals surface area contributed by atoms with Gasteiger partial charge in [-0.05, 0) is 32.4 Å². The number of anilines is 1. The maximum absolute atomic E-state index is 5.66. The lowest BCUT2D eigenvalue weighted by Gasteiger charge is -2.06. The third-order valence-electron chi connectivity index (χ3n) is 3.03. The van der Waals surface area contributed by atoms with E-state index in [1.165, 1.54) is 21.6 Å². The van der Waals surface area contributed by atoms with Crippen LogP contribution in [-0.2, 0) is 0 Å². The van der Waals surface area contributed by atoms with Crippen molar-refractivity contribution in [2.24, 2.45) is 0 Å². The maximum Gasteiger partial charge on any atom is 0.241 e. The molecule has 2 heterocycles. The first-order valence-electron chi connectivity index (χ1n) is 5.75. The highest BCUT2D eigenvalue weighted by atomic mass is 32.1. The number of rotatable bonds is 1. The lowest BCUT2D eigenvalue weighted by atomic mass is 10.0. The first kappa shape index (κ1) is 11.2. The van der Waals surface area contributed by atoms with Crippen molar-refractivity contribution in [3.63, 3.8) is 0 Å². The first-order chi connectivity index (χ1) is 8.56. The zero-order valence-corrected chi connectivity index (χ0v) is 11.4. The first-order valence-corrected chi connectivity index (χ1v) is 6.57. The number of hydrogen-bond acceptors (Lipinski definition) is 4. The zero-order chi connectivity index (χ0) is 12.9. The van der Waals surface area contributed by atoms with Crippen LogP contribution in [0, 0.1) is 20.8 Å². The molecule has 0 fully saturated rings. The van der Waals surface area contributed by atoms with Gasteiger partial charge in [0.25, 0.3) is 0 Å². The van der Waals surface area contributed by atoms with E-state index in [4.69, 9.17) is 5.73 Å². The summed E-state index contributed by atoms with van der Waals surface area (Å²) in [6, 6.07) is 6.43. The number of benzene rings is 1. The fraction of sp³-hybridized carbons (Fsp3) is 0.231. The van der Waals surface area contributed by atoms with Crippen LogP contribution in [0.3, 0.4) is 0 Å². The Morgan fingerprint density at radius 3 is 2.78 bits per heavy atom. The van der Waals surface area contributed by atoms with Gasteiger partial charge in [-0.1, -0.05) is 29.0 Å². The quantitative estimate of drug-likeness (QED) is 0.730. The Kier molecular flexibility index (Phi) is 2.38. The van der Waals surface area contributed by atoms with Gasteiger partial charge in [-0.3, -0.25) is 0 Å². The van der Waals surface area contributed by atoms with Crippen molar-refractivity contribution in [1.29, 1.82) is 0 Å². The molecule has 3 rings (SSSR count). The molecule has 3 aromatic rings. The highest BCUT2D eigenvalue weighted by Crippen LogP contribution is 2.32. The minimum Gasteiger partial charge on any atom is -0.366 e. The molecule has 92 valence electrons. The van der Waals surface area contributed by atoms with Gasteiger partial charge >= 0.3 is 0 Å². The van der Waals surface area contributed by atoms with Crippen LogP contribution in [0.25, 0.3) is 16.2 Å². The predicted octanol–water partition coefficient (Wildman–Crippen LogP) is 2.97. The van der Waals surface area contributed by atoms with E-state index in [2.05, 4.69) is 49.1 Å². The highest BCUT2D eigenvalue weighted by molar-refractivity contribution is 7.17. The highest BCUT2D eigenvalue weighted by Gasteiger charge is 2.16. The van der Waals surface area contributed by atoms with E-state index < -0.39 is 0 Å². The molecule has 0 atom stereocenters. The van der Waals surface area contributed by atoms with Crippen molar-refractivity contribution in [2.45, 2.75) is 20.8 Å². The number of nitrogens with zero attached hydrogens (tertiary/aromatic N) is 3. The summed E-state index contributed by atoms with van der Waals surface area (Å²) in [5, 5.41) is 4.27. The molecule has 2 aromatic heterocycles. The van der Waals surface area contributed by atoms with E-state index in [1.54, 1.807) is 11.3 Å². The summed E-state index contributed by atoms with van der Waals surface area (Å²) >= 11 is 1.62. The monoisotopic (exact) mass is 258 g/mol. The molecular formula is C13H14N4S. The van der Waals surface area contributed by atoms with Crippen LogP contribution >= 0.6 is 11.3 Å². The number of fused-ring (bicyclic) bond motifs is 1. The number of thiazole rings is 1. The molecule has 0 unspecified atom stereocenters. The van der Waals surface area contributed by atoms with Crippen molar-refractivity contribution in [3.05, 3.63) is 34.2 Å². The molecule has 0 spiro atoms. The van der Waals surface area contributed by atoms with E-state index >= 15 is 0 Å². The molecule has 2 N–H and O–H groups in total. The van der Waals surface area contributed by atoms with Gasteiger partial charge in [0.15, 0.2) is 0 Å². The Labute approximate surface area is 109 Å². The molecular weight excluding hydrogens is 244 g/mol. The molecule has 4 nitrogen and oxygen atoms in total. The Balaban J connectivity index is 2.36. The molecule has 0 amide bonds. The third kappa shape index (κ3) is 1.59. The van der Waals surface area contributed by atoms with Crippen molar-refractivity contribution < 1.29 is 0 Å². The van der Waals surface area contributed by atoms with Crippen molar-refractivity contribution in [1.82, 2.24) is 14.6 Å². The summed E-state index contributed by atoms with van der Waals surface area (Å²) in [5.41, 5.74) is 10.4. The van der Waals surface area contributed by atoms with Crippen LogP contribution < -0.4 is 5.73 Å². The van der Waals surface area contributed by atoms with E-state index in [0.29, 0.717) is 5.95 Å². The molecule has 18 heavy (non-hydrogen) atoms. The van der Waals surface area contributed by atoms with Gasteiger partial charge in [0.2, 0.25) is 10.9 Å². The van der Waals surface area contributed by atoms with Gasteiger partial charge in [-0.2, -0.15) is 4.98 Å². The van der Waals surface area contributed by atoms with Crippen LogP contribution in [0.5, 0.6) is 0 Å². The smallest absolute Gasteiger partial charge is 0.241 e. The summed E-state index contributed by atoms with van der Waals surface area (Å²) in [6.45, 7) is 6.30. The Hall–Kier alpha value is -1.88. The van der Waals surface area contributed by atoms with Gasteiger partial charge in [0.1, 0.15) is 0 Å². The summed E-state index contributed by atoms with van der Waals surface area (Å²) < 4.78 is 1.84. The lowest BCUT2D eigenvalue weighted by Crippen LogP contribution is -1.95. The fourth-order valence-electron chi connectivity index (χ4n) is 2.15. The average Bonchev–Trinajstić information content (AvgIpc) is 2.77. The summed E-state index contributed by atoms with van der Waals surface area (Å²) in [7, 11) is 0. The Bertz CT molecular complexity index is 739. The normalized spacial score (nSPS) is 11.3. The van der Waals surface area contributed by atoms with Gasteiger partial charge in [0.05, 0.1) is 5.69 Å². The van der Waals surface area contributed by atoms with Crippen LogP contribution in [0.2, 0.25) is 0 Å². The molecule has 1 aromatic carbocycles. The van der Waals surface area contributed by atoms with Crippen molar-refractivity contribution in [3.8, 4) is 11.3 Å². The maximum atomic E-state index is 5.66. The van der Waals surface area contributed by atoms with Gasteiger partial charge in [0, 0.05) is 10.4 Å². The van der Waals surface area contributed by atoms with Crippen LogP contribution in [0.4, 0.5) is 5.95 Å². The number of nitrogen functional groups attached to an aromatic ring is 1. The summed E-state index contributed by atoms with van der Waals surface area (Å²) in [6.07, 6.45) is 0. The van der Waals surface area contributed by atoms with Gasteiger partial charge < -0.3 is 5.73 Å². The molecule has 0 aliphatic heterocycles. The third-order valence-corrected chi connectivity index (χ3v) is 3.98. The molecule has 0 aliphatic rings. The van der Waals surface area contributed by atoms with Crippen molar-refractivity contribution in [2.75, 3.05) is 5.73 Å². The van der Waals surface area contributed by atoms with Crippen LogP contribution in [0.1, 0.15) is 16.0 Å². The number of hydrogen-bond donors (Lipinski definition) is 1. The van der Waals surface area contributed by atoms with Crippen LogP contribution in [0.15, 0.2) is 18.2 Å². The van der Waals surface area contributed by atoms with Crippen LogP contribution in [-0.4, -0.2) is 14.6 Å². The molecule has 0 radical (unpaired) electrons. The second kappa shape index (κ2) is 3.81. The standard InChI is InChI=1S/C13H14N4S/c1-7-4-5-8(2)10(6-7)11-9(3)18-13-15-12(14)16-17(11)13/h4-6H,1-3H3,(H2,14,16). The zero-order valence-electron chi connectivity index (χ0n) is 10.6. The summed E-state index contributed by atoms with van der Waals surface area (Å²) in [5.74, 6) is 0.327. The SMILES string of the molecule is Cc1ccc(C)c(-c2c(C)sc3nc(N)nn23)c1. The minimum atomic E-state index is 0.327. The number of aromatic nitrogens is 3. The van der Waals surface area contributed by atoms with Crippen molar-refractivity contribution >= 4 is 22.2 Å². The minimum absolute atomic E-state index is 0.327. The number of nitrogens with two attached hydrogens (primary N) is 1. The van der Waals surface area contributed by atoms with Gasteiger partial charge in [-0.15, -0.1) is 5.10 Å². The molecule has 5 heteroatoms. The fourth-order valence-corrected chi connectivity index (χ4v) is 3.08. The van der Waals surface area contributed by atoms with Gasteiger partial charge in [-0.25, -0.2) is 4.52 Å². The largest absolute Gasteiger partial charge is 0.366 e. The second-order valence-electron chi connectivity index (χ2n) is 4.49. The van der Waals surface area contributed by atoms with E-state index in [-0.39, 0.29) is 0 Å². The predicted molar refractivity (Wildman–Crippen MR) is 74.9 cm³/mol. The lowest BCUT2D eigenvalue weighted by molar-refractivity contribution is 0.985. The summed E-state index contributed by atoms with van der Waals surface area (Å²) in [4.78, 5) is 6.28.